The molecule has 3 aromatic rings. The molecule has 0 bridgehead atoms. The maximum Gasteiger partial charge on any atom is 0.264 e. The number of amides is 2. The summed E-state index contributed by atoms with van der Waals surface area (Å²) in [6.45, 7) is 5.46. The van der Waals surface area contributed by atoms with Crippen molar-refractivity contribution in [3.8, 4) is 0 Å². The maximum atomic E-state index is 13.8. The number of hydrogen-bond donors (Lipinski definition) is 1. The number of hydrogen-bond acceptors (Lipinski definition) is 4. The number of rotatable bonds is 11. The Morgan fingerprint density at radius 2 is 1.57 bits per heavy atom. The molecule has 37 heavy (non-hydrogen) atoms. The summed E-state index contributed by atoms with van der Waals surface area (Å²) < 4.78 is 41.8. The molecule has 1 N–H and O–H groups in total. The highest BCUT2D eigenvalue weighted by molar-refractivity contribution is 7.92. The van der Waals surface area contributed by atoms with Crippen molar-refractivity contribution >= 4 is 27.5 Å². The fourth-order valence-electron chi connectivity index (χ4n) is 3.81. The topological polar surface area (TPSA) is 86.8 Å². The Kier molecular flexibility index (Phi) is 9.41. The predicted octanol–water partition coefficient (Wildman–Crippen LogP) is 4.27. The summed E-state index contributed by atoms with van der Waals surface area (Å²) in [7, 11) is -4.17. The van der Waals surface area contributed by atoms with Crippen molar-refractivity contribution in [3.63, 3.8) is 0 Å². The van der Waals surface area contributed by atoms with E-state index in [1.165, 1.54) is 29.2 Å². The van der Waals surface area contributed by atoms with Crippen LogP contribution in [-0.2, 0) is 26.2 Å². The first kappa shape index (κ1) is 27.9. The summed E-state index contributed by atoms with van der Waals surface area (Å²) in [5.74, 6) is -1.43. The lowest BCUT2D eigenvalue weighted by molar-refractivity contribution is -0.139. The molecule has 0 aliphatic rings. The van der Waals surface area contributed by atoms with Gasteiger partial charge in [0.05, 0.1) is 10.6 Å². The molecule has 0 saturated carbocycles. The van der Waals surface area contributed by atoms with Crippen LogP contribution in [0.25, 0.3) is 0 Å². The molecular weight excluding hydrogens is 493 g/mol. The van der Waals surface area contributed by atoms with Crippen LogP contribution in [0.1, 0.15) is 31.4 Å². The summed E-state index contributed by atoms with van der Waals surface area (Å²) in [6.07, 6.45) is 0.734. The third-order valence-electron chi connectivity index (χ3n) is 6.04. The summed E-state index contributed by atoms with van der Waals surface area (Å²) in [6, 6.07) is 19.3. The van der Waals surface area contributed by atoms with E-state index >= 15 is 0 Å². The summed E-state index contributed by atoms with van der Waals surface area (Å²) in [4.78, 5) is 28.0. The molecule has 0 saturated heterocycles. The standard InChI is InChI=1S/C28H32FN3O4S/c1-4-18-30-28(34)22(3)31(19-23-11-9-8-10-21(23)2)27(33)20-32(25-16-14-24(29)15-17-25)37(35,36)26-12-6-5-7-13-26/h5-17,22H,4,18-20H2,1-3H3,(H,30,34). The van der Waals surface area contributed by atoms with Crippen molar-refractivity contribution in [2.45, 2.75) is 44.7 Å². The fraction of sp³-hybridized carbons (Fsp3) is 0.286. The van der Waals surface area contributed by atoms with Crippen molar-refractivity contribution in [3.05, 3.63) is 95.8 Å². The van der Waals surface area contributed by atoms with Crippen molar-refractivity contribution in [1.82, 2.24) is 10.2 Å². The lowest BCUT2D eigenvalue weighted by atomic mass is 10.1. The maximum absolute atomic E-state index is 13.8. The lowest BCUT2D eigenvalue weighted by Gasteiger charge is -2.32. The zero-order chi connectivity index (χ0) is 27.0. The SMILES string of the molecule is CCCNC(=O)C(C)N(Cc1ccccc1C)C(=O)CN(c1ccc(F)cc1)S(=O)(=O)c1ccccc1. The van der Waals surface area contributed by atoms with Crippen LogP contribution in [-0.4, -0.2) is 44.3 Å². The summed E-state index contributed by atoms with van der Waals surface area (Å²) in [5.41, 5.74) is 1.91. The third-order valence-corrected chi connectivity index (χ3v) is 7.83. The molecular formula is C28H32FN3O4S. The van der Waals surface area contributed by atoms with Crippen molar-refractivity contribution in [1.29, 1.82) is 0 Å². The van der Waals surface area contributed by atoms with Gasteiger partial charge in [-0.3, -0.25) is 13.9 Å². The second kappa shape index (κ2) is 12.5. The van der Waals surface area contributed by atoms with Crippen molar-refractivity contribution in [2.24, 2.45) is 0 Å². The second-order valence-corrected chi connectivity index (χ2v) is 10.6. The van der Waals surface area contributed by atoms with Gasteiger partial charge < -0.3 is 10.2 Å². The van der Waals surface area contributed by atoms with Crippen LogP contribution < -0.4 is 9.62 Å². The van der Waals surface area contributed by atoms with E-state index in [0.29, 0.717) is 6.54 Å². The van der Waals surface area contributed by atoms with Crippen LogP contribution in [0.5, 0.6) is 0 Å². The zero-order valence-electron chi connectivity index (χ0n) is 21.2. The minimum atomic E-state index is -4.17. The van der Waals surface area contributed by atoms with E-state index in [-0.39, 0.29) is 23.0 Å². The quantitative estimate of drug-likeness (QED) is 0.405. The molecule has 0 aliphatic heterocycles. The molecule has 0 aromatic heterocycles. The van der Waals surface area contributed by atoms with Gasteiger partial charge in [-0.05, 0) is 67.8 Å². The number of halogens is 1. The number of sulfonamides is 1. The first-order valence-corrected chi connectivity index (χ1v) is 13.5. The van der Waals surface area contributed by atoms with Crippen molar-refractivity contribution < 1.29 is 22.4 Å². The van der Waals surface area contributed by atoms with Gasteiger partial charge in [-0.2, -0.15) is 0 Å². The highest BCUT2D eigenvalue weighted by atomic mass is 32.2. The van der Waals surface area contributed by atoms with Crippen LogP contribution in [0.4, 0.5) is 10.1 Å². The normalized spacial score (nSPS) is 12.0. The number of nitrogens with zero attached hydrogens (tertiary/aromatic N) is 2. The lowest BCUT2D eigenvalue weighted by Crippen LogP contribution is -2.51. The minimum Gasteiger partial charge on any atom is -0.354 e. The average Bonchev–Trinajstić information content (AvgIpc) is 2.90. The van der Waals surface area contributed by atoms with Gasteiger partial charge in [-0.25, -0.2) is 12.8 Å². The van der Waals surface area contributed by atoms with Crippen LogP contribution in [0.3, 0.4) is 0 Å². The average molecular weight is 526 g/mol. The first-order valence-electron chi connectivity index (χ1n) is 12.1. The number of carbonyl (C=O) groups is 2. The molecule has 9 heteroatoms. The molecule has 1 atom stereocenters. The Bertz CT molecular complexity index is 1310. The summed E-state index contributed by atoms with van der Waals surface area (Å²) in [5, 5.41) is 2.81. The van der Waals surface area contributed by atoms with Gasteiger partial charge >= 0.3 is 0 Å². The van der Waals surface area contributed by atoms with Crippen LogP contribution in [0.15, 0.2) is 83.8 Å². The fourth-order valence-corrected chi connectivity index (χ4v) is 5.24. The van der Waals surface area contributed by atoms with E-state index in [4.69, 9.17) is 0 Å². The van der Waals surface area contributed by atoms with E-state index in [0.717, 1.165) is 34.0 Å². The highest BCUT2D eigenvalue weighted by Crippen LogP contribution is 2.25. The minimum absolute atomic E-state index is 0.00804. The predicted molar refractivity (Wildman–Crippen MR) is 142 cm³/mol. The van der Waals surface area contributed by atoms with E-state index < -0.39 is 34.3 Å². The van der Waals surface area contributed by atoms with Crippen LogP contribution in [0, 0.1) is 12.7 Å². The molecule has 0 fully saturated rings. The van der Waals surface area contributed by atoms with Crippen LogP contribution >= 0.6 is 0 Å². The second-order valence-electron chi connectivity index (χ2n) is 8.72. The Labute approximate surface area is 218 Å². The Hall–Kier alpha value is -3.72. The molecule has 196 valence electrons. The van der Waals surface area contributed by atoms with Gasteiger partial charge in [-0.15, -0.1) is 0 Å². The zero-order valence-corrected chi connectivity index (χ0v) is 22.0. The summed E-state index contributed by atoms with van der Waals surface area (Å²) >= 11 is 0. The molecule has 0 aliphatic carbocycles. The largest absolute Gasteiger partial charge is 0.354 e. The van der Waals surface area contributed by atoms with Gasteiger partial charge in [0.15, 0.2) is 0 Å². The van der Waals surface area contributed by atoms with Crippen molar-refractivity contribution in [2.75, 3.05) is 17.4 Å². The monoisotopic (exact) mass is 525 g/mol. The van der Waals surface area contributed by atoms with Gasteiger partial charge in [0, 0.05) is 13.1 Å². The van der Waals surface area contributed by atoms with Gasteiger partial charge in [0.25, 0.3) is 10.0 Å². The molecule has 3 aromatic carbocycles. The van der Waals surface area contributed by atoms with E-state index in [9.17, 15) is 22.4 Å². The van der Waals surface area contributed by atoms with E-state index in [1.807, 2.05) is 38.1 Å². The smallest absolute Gasteiger partial charge is 0.264 e. The van der Waals surface area contributed by atoms with Gasteiger partial charge in [-0.1, -0.05) is 49.4 Å². The number of anilines is 1. The Morgan fingerprint density at radius 1 is 0.946 bits per heavy atom. The number of nitrogens with one attached hydrogen (secondary N) is 1. The molecule has 2 amide bonds. The van der Waals surface area contributed by atoms with Gasteiger partial charge in [0.1, 0.15) is 18.4 Å². The number of benzene rings is 3. The Morgan fingerprint density at radius 3 is 2.19 bits per heavy atom. The van der Waals surface area contributed by atoms with E-state index in [2.05, 4.69) is 5.32 Å². The molecule has 1 unspecified atom stereocenters. The molecule has 0 radical (unpaired) electrons. The third kappa shape index (κ3) is 6.95. The highest BCUT2D eigenvalue weighted by Gasteiger charge is 2.32. The number of aryl methyl sites for hydroxylation is 1. The van der Waals surface area contributed by atoms with Gasteiger partial charge in [0.2, 0.25) is 11.8 Å². The molecule has 0 spiro atoms. The molecule has 7 nitrogen and oxygen atoms in total. The molecule has 0 heterocycles. The van der Waals surface area contributed by atoms with E-state index in [1.54, 1.807) is 25.1 Å². The van der Waals surface area contributed by atoms with Crippen LogP contribution in [0.2, 0.25) is 0 Å². The molecule has 3 rings (SSSR count). The Balaban J connectivity index is 2.01. The number of carbonyl (C=O) groups excluding carboxylic acids is 2. The first-order chi connectivity index (χ1) is 17.6.